The first-order valence-electron chi connectivity index (χ1n) is 12.2. The third-order valence-electron chi connectivity index (χ3n) is 7.83. The molecule has 7 heteroatoms. The van der Waals surface area contributed by atoms with Gasteiger partial charge in [-0.15, -0.1) is 0 Å². The SMILES string of the molecule is COc1ccc([N+]2(C)CCN(C(=O)N3CCC(C)C3)CC2C(C)O)cc1OC1CCCC1. The number of carbonyl (C=O) groups excluding carboxylic acids is 1. The number of carbonyl (C=O) groups is 1. The molecule has 4 rings (SSSR count). The summed E-state index contributed by atoms with van der Waals surface area (Å²) < 4.78 is 12.5. The van der Waals surface area contributed by atoms with Crippen molar-refractivity contribution in [2.75, 3.05) is 46.9 Å². The van der Waals surface area contributed by atoms with E-state index in [0.29, 0.717) is 23.5 Å². The smallest absolute Gasteiger partial charge is 0.320 e. The fraction of sp³-hybridized carbons (Fsp3) is 0.720. The lowest BCUT2D eigenvalue weighted by molar-refractivity contribution is 0.0258. The molecule has 0 spiro atoms. The molecule has 0 radical (unpaired) electrons. The van der Waals surface area contributed by atoms with Crippen LogP contribution in [0.3, 0.4) is 0 Å². The zero-order chi connectivity index (χ0) is 22.9. The summed E-state index contributed by atoms with van der Waals surface area (Å²) in [6, 6.07) is 6.15. The summed E-state index contributed by atoms with van der Waals surface area (Å²) in [4.78, 5) is 17.0. The van der Waals surface area contributed by atoms with Crippen molar-refractivity contribution in [2.24, 2.45) is 5.92 Å². The van der Waals surface area contributed by atoms with Crippen LogP contribution >= 0.6 is 0 Å². The minimum Gasteiger partial charge on any atom is -0.493 e. The largest absolute Gasteiger partial charge is 0.493 e. The maximum absolute atomic E-state index is 13.1. The van der Waals surface area contributed by atoms with E-state index in [-0.39, 0.29) is 18.2 Å². The Morgan fingerprint density at radius 1 is 1.12 bits per heavy atom. The first-order chi connectivity index (χ1) is 15.3. The highest BCUT2D eigenvalue weighted by Crippen LogP contribution is 2.39. The summed E-state index contributed by atoms with van der Waals surface area (Å²) in [5, 5.41) is 10.8. The van der Waals surface area contributed by atoms with Crippen LogP contribution in [-0.2, 0) is 0 Å². The summed E-state index contributed by atoms with van der Waals surface area (Å²) >= 11 is 0. The van der Waals surface area contributed by atoms with Gasteiger partial charge in [-0.3, -0.25) is 4.48 Å². The van der Waals surface area contributed by atoms with Crippen LogP contribution in [0.25, 0.3) is 0 Å². The van der Waals surface area contributed by atoms with Gasteiger partial charge in [0.2, 0.25) is 0 Å². The summed E-state index contributed by atoms with van der Waals surface area (Å²) in [5.41, 5.74) is 1.09. The van der Waals surface area contributed by atoms with E-state index in [2.05, 4.69) is 26.1 Å². The minimum absolute atomic E-state index is 0.111. The van der Waals surface area contributed by atoms with Crippen LogP contribution in [-0.4, -0.2) is 86.1 Å². The van der Waals surface area contributed by atoms with Crippen molar-refractivity contribution in [3.05, 3.63) is 18.2 Å². The number of hydrogen-bond donors (Lipinski definition) is 1. The van der Waals surface area contributed by atoms with E-state index in [1.54, 1.807) is 7.11 Å². The van der Waals surface area contributed by atoms with Crippen molar-refractivity contribution >= 4 is 11.7 Å². The van der Waals surface area contributed by atoms with E-state index in [0.717, 1.165) is 56.1 Å². The molecule has 32 heavy (non-hydrogen) atoms. The molecule has 3 aliphatic rings. The molecule has 2 saturated heterocycles. The molecule has 0 bridgehead atoms. The van der Waals surface area contributed by atoms with E-state index in [4.69, 9.17) is 9.47 Å². The number of benzene rings is 1. The molecular weight excluding hydrogens is 406 g/mol. The van der Waals surface area contributed by atoms with E-state index in [1.165, 1.54) is 12.8 Å². The topological polar surface area (TPSA) is 62.2 Å². The number of hydrogen-bond acceptors (Lipinski definition) is 4. The standard InChI is InChI=1S/C25H40N3O4/c1-18-11-12-26(16-18)25(30)27-13-14-28(3,22(17-27)19(2)29)20-9-10-23(31-4)24(15-20)32-21-7-5-6-8-21/h9-10,15,18-19,21-22,29H,5-8,11-14,16-17H2,1-4H3/q+1. The molecule has 1 N–H and O–H groups in total. The van der Waals surface area contributed by atoms with Gasteiger partial charge in [-0.2, -0.15) is 0 Å². The summed E-state index contributed by atoms with van der Waals surface area (Å²) in [6.45, 7) is 7.68. The molecule has 4 atom stereocenters. The van der Waals surface area contributed by atoms with E-state index in [1.807, 2.05) is 22.8 Å². The van der Waals surface area contributed by atoms with E-state index < -0.39 is 6.10 Å². The molecule has 2 heterocycles. The number of likely N-dealkylation sites (N-methyl/N-ethyl adjacent to an activating group) is 1. The number of rotatable bonds is 5. The molecule has 178 valence electrons. The lowest BCUT2D eigenvalue weighted by Crippen LogP contribution is -2.69. The maximum Gasteiger partial charge on any atom is 0.320 e. The van der Waals surface area contributed by atoms with Gasteiger partial charge in [0.05, 0.1) is 33.4 Å². The summed E-state index contributed by atoms with van der Waals surface area (Å²) in [7, 11) is 3.84. The van der Waals surface area contributed by atoms with Gasteiger partial charge in [0, 0.05) is 25.2 Å². The summed E-state index contributed by atoms with van der Waals surface area (Å²) in [6.07, 6.45) is 5.37. The van der Waals surface area contributed by atoms with Crippen LogP contribution < -0.4 is 14.0 Å². The van der Waals surface area contributed by atoms with Crippen molar-refractivity contribution in [1.82, 2.24) is 14.3 Å². The Balaban J connectivity index is 1.56. The van der Waals surface area contributed by atoms with Crippen LogP contribution in [0.5, 0.6) is 11.5 Å². The van der Waals surface area contributed by atoms with E-state index >= 15 is 0 Å². The lowest BCUT2D eigenvalue weighted by Gasteiger charge is -2.49. The number of piperazine rings is 1. The highest BCUT2D eigenvalue weighted by atomic mass is 16.5. The predicted octanol–water partition coefficient (Wildman–Crippen LogP) is 3.48. The molecule has 4 unspecified atom stereocenters. The molecule has 7 nitrogen and oxygen atoms in total. The summed E-state index contributed by atoms with van der Waals surface area (Å²) in [5.74, 6) is 2.10. The number of nitrogens with zero attached hydrogens (tertiary/aromatic N) is 3. The van der Waals surface area contributed by atoms with Crippen molar-refractivity contribution in [2.45, 2.75) is 64.2 Å². The molecule has 1 aromatic carbocycles. The lowest BCUT2D eigenvalue weighted by atomic mass is 10.0. The number of ether oxygens (including phenoxy) is 2. The second-order valence-corrected chi connectivity index (χ2v) is 10.2. The Morgan fingerprint density at radius 2 is 1.84 bits per heavy atom. The molecule has 2 amide bonds. The Labute approximate surface area is 192 Å². The first-order valence-corrected chi connectivity index (χ1v) is 12.2. The van der Waals surface area contributed by atoms with Crippen LogP contribution in [0.4, 0.5) is 10.5 Å². The van der Waals surface area contributed by atoms with Crippen LogP contribution in [0.2, 0.25) is 0 Å². The number of methoxy groups -OCH3 is 1. The fourth-order valence-electron chi connectivity index (χ4n) is 5.68. The highest BCUT2D eigenvalue weighted by molar-refractivity contribution is 5.75. The molecule has 2 aliphatic heterocycles. The Hall–Kier alpha value is -1.99. The zero-order valence-electron chi connectivity index (χ0n) is 20.1. The quantitative estimate of drug-likeness (QED) is 0.704. The number of aliphatic hydroxyl groups is 1. The van der Waals surface area contributed by atoms with Gasteiger partial charge in [-0.05, 0) is 51.0 Å². The van der Waals surface area contributed by atoms with Crippen molar-refractivity contribution in [3.8, 4) is 11.5 Å². The second-order valence-electron chi connectivity index (χ2n) is 10.2. The second kappa shape index (κ2) is 9.48. The monoisotopic (exact) mass is 446 g/mol. The third kappa shape index (κ3) is 4.55. The van der Waals surface area contributed by atoms with Gasteiger partial charge in [-0.1, -0.05) is 6.92 Å². The average Bonchev–Trinajstić information content (AvgIpc) is 3.45. The maximum atomic E-state index is 13.1. The molecule has 0 aromatic heterocycles. The Morgan fingerprint density at radius 3 is 2.47 bits per heavy atom. The normalized spacial score (nSPS) is 29.9. The highest BCUT2D eigenvalue weighted by Gasteiger charge is 2.45. The van der Waals surface area contributed by atoms with Gasteiger partial charge in [0.1, 0.15) is 24.4 Å². The molecule has 1 aliphatic carbocycles. The zero-order valence-corrected chi connectivity index (χ0v) is 20.1. The van der Waals surface area contributed by atoms with Crippen LogP contribution in [0.1, 0.15) is 46.0 Å². The van der Waals surface area contributed by atoms with Crippen molar-refractivity contribution < 1.29 is 19.4 Å². The molecular formula is C25H40N3O4+. The number of amides is 2. The van der Waals surface area contributed by atoms with Crippen molar-refractivity contribution in [3.63, 3.8) is 0 Å². The molecule has 1 saturated carbocycles. The molecule has 3 fully saturated rings. The van der Waals surface area contributed by atoms with Crippen molar-refractivity contribution in [1.29, 1.82) is 0 Å². The van der Waals surface area contributed by atoms with Crippen LogP contribution in [0.15, 0.2) is 18.2 Å². The van der Waals surface area contributed by atoms with Gasteiger partial charge >= 0.3 is 6.03 Å². The molecule has 1 aromatic rings. The number of likely N-dealkylation sites (tertiary alicyclic amines) is 1. The minimum atomic E-state index is -0.547. The Kier molecular flexibility index (Phi) is 6.86. The van der Waals surface area contributed by atoms with Gasteiger partial charge in [0.25, 0.3) is 0 Å². The van der Waals surface area contributed by atoms with E-state index in [9.17, 15) is 9.90 Å². The number of aliphatic hydroxyl groups excluding tert-OH is 1. The average molecular weight is 447 g/mol. The number of quaternary nitrogens is 1. The Bertz CT molecular complexity index is 810. The van der Waals surface area contributed by atoms with Gasteiger partial charge in [0.15, 0.2) is 11.5 Å². The van der Waals surface area contributed by atoms with Crippen LogP contribution in [0, 0.1) is 5.92 Å². The predicted molar refractivity (Wildman–Crippen MR) is 126 cm³/mol. The third-order valence-corrected chi connectivity index (χ3v) is 7.83. The number of urea groups is 1. The fourth-order valence-corrected chi connectivity index (χ4v) is 5.68. The van der Waals surface area contributed by atoms with Gasteiger partial charge < -0.3 is 24.4 Å². The van der Waals surface area contributed by atoms with Gasteiger partial charge in [-0.25, -0.2) is 4.79 Å². The first kappa shape index (κ1) is 23.2.